The van der Waals surface area contributed by atoms with Crippen molar-refractivity contribution in [1.82, 2.24) is 29.7 Å². The second-order valence-corrected chi connectivity index (χ2v) is 8.17. The molecule has 2 fully saturated rings. The van der Waals surface area contributed by atoms with Crippen molar-refractivity contribution < 1.29 is 4.74 Å². The molecule has 156 valence electrons. The minimum atomic E-state index is 0.438. The first kappa shape index (κ1) is 18.9. The van der Waals surface area contributed by atoms with Crippen LogP contribution < -0.4 is 9.80 Å². The average molecular weight is 406 g/mol. The van der Waals surface area contributed by atoms with Crippen LogP contribution in [-0.2, 0) is 11.3 Å². The van der Waals surface area contributed by atoms with Gasteiger partial charge in [-0.3, -0.25) is 0 Å². The summed E-state index contributed by atoms with van der Waals surface area (Å²) in [7, 11) is 1.66. The van der Waals surface area contributed by atoms with E-state index in [-0.39, 0.29) is 0 Å². The van der Waals surface area contributed by atoms with E-state index >= 15 is 0 Å². The van der Waals surface area contributed by atoms with Crippen LogP contribution in [0.25, 0.3) is 5.82 Å². The molecule has 3 aromatic heterocycles. The van der Waals surface area contributed by atoms with E-state index in [0.29, 0.717) is 18.4 Å². The van der Waals surface area contributed by atoms with Crippen LogP contribution in [0.2, 0.25) is 0 Å². The van der Waals surface area contributed by atoms with Crippen LogP contribution in [0, 0.1) is 25.7 Å². The molecule has 5 heterocycles. The van der Waals surface area contributed by atoms with Gasteiger partial charge in [0.25, 0.3) is 0 Å². The molecule has 0 saturated carbocycles. The van der Waals surface area contributed by atoms with Crippen molar-refractivity contribution in [3.05, 3.63) is 47.9 Å². The maximum Gasteiger partial charge on any atom is 0.159 e. The van der Waals surface area contributed by atoms with Crippen molar-refractivity contribution in [1.29, 1.82) is 0 Å². The number of aromatic nitrogens is 6. The summed E-state index contributed by atoms with van der Waals surface area (Å²) in [5.41, 5.74) is 2.06. The van der Waals surface area contributed by atoms with Gasteiger partial charge in [0.2, 0.25) is 0 Å². The Bertz CT molecular complexity index is 1040. The van der Waals surface area contributed by atoms with Crippen LogP contribution in [-0.4, -0.2) is 63.0 Å². The fraction of sp³-hybridized carbons (Fsp3) is 0.476. The van der Waals surface area contributed by atoms with E-state index in [2.05, 4.69) is 40.9 Å². The van der Waals surface area contributed by atoms with Gasteiger partial charge in [-0.05, 0) is 26.0 Å². The highest BCUT2D eigenvalue weighted by Gasteiger charge is 2.41. The Morgan fingerprint density at radius 2 is 1.63 bits per heavy atom. The zero-order valence-electron chi connectivity index (χ0n) is 17.6. The number of fused-ring (bicyclic) bond motifs is 1. The van der Waals surface area contributed by atoms with Crippen molar-refractivity contribution in [2.24, 2.45) is 11.8 Å². The third-order valence-electron chi connectivity index (χ3n) is 5.96. The lowest BCUT2D eigenvalue weighted by Gasteiger charge is -2.23. The summed E-state index contributed by atoms with van der Waals surface area (Å²) in [4.78, 5) is 22.6. The molecule has 2 unspecified atom stereocenters. The molecule has 0 N–H and O–H groups in total. The summed E-state index contributed by atoms with van der Waals surface area (Å²) in [6.07, 6.45) is 3.46. The molecule has 2 atom stereocenters. The first-order valence-corrected chi connectivity index (χ1v) is 10.3. The van der Waals surface area contributed by atoms with Crippen LogP contribution >= 0.6 is 0 Å². The predicted molar refractivity (Wildman–Crippen MR) is 113 cm³/mol. The van der Waals surface area contributed by atoms with E-state index in [9.17, 15) is 0 Å². The second-order valence-electron chi connectivity index (χ2n) is 8.17. The van der Waals surface area contributed by atoms with Gasteiger partial charge >= 0.3 is 0 Å². The zero-order valence-corrected chi connectivity index (χ0v) is 17.6. The SMILES string of the molecule is COCc1nccc(N2CC3CN(c4cc(-n5nc(C)cc5C)ncn4)CC3C2)n1. The standard InChI is InChI=1S/C21H26N8O/c1-14-6-15(2)29(26-14)21-7-20(23-13-24-21)28-10-16-8-27(9-17(16)11-28)19-4-5-22-18(25-19)12-30-3/h4-7,13,16-17H,8-12H2,1-3H3. The maximum atomic E-state index is 5.17. The van der Waals surface area contributed by atoms with Crippen molar-refractivity contribution in [2.75, 3.05) is 43.1 Å². The van der Waals surface area contributed by atoms with Gasteiger partial charge < -0.3 is 14.5 Å². The lowest BCUT2D eigenvalue weighted by atomic mass is 10.0. The molecule has 30 heavy (non-hydrogen) atoms. The topological polar surface area (TPSA) is 85.1 Å². The summed E-state index contributed by atoms with van der Waals surface area (Å²) in [6.45, 7) is 8.46. The molecule has 9 heteroatoms. The Morgan fingerprint density at radius 3 is 2.30 bits per heavy atom. The van der Waals surface area contributed by atoms with E-state index in [4.69, 9.17) is 4.74 Å². The average Bonchev–Trinajstić information content (AvgIpc) is 3.41. The molecular weight excluding hydrogens is 380 g/mol. The van der Waals surface area contributed by atoms with Crippen LogP contribution in [0.4, 0.5) is 11.6 Å². The third kappa shape index (κ3) is 3.49. The maximum absolute atomic E-state index is 5.17. The number of aryl methyl sites for hydroxylation is 2. The number of methoxy groups -OCH3 is 1. The molecule has 0 aromatic carbocycles. The van der Waals surface area contributed by atoms with Gasteiger partial charge in [0, 0.05) is 63.1 Å². The molecule has 0 spiro atoms. The number of hydrogen-bond acceptors (Lipinski definition) is 8. The molecule has 3 aromatic rings. The normalized spacial score (nSPS) is 20.8. The van der Waals surface area contributed by atoms with Crippen LogP contribution in [0.3, 0.4) is 0 Å². The fourth-order valence-corrected chi connectivity index (χ4v) is 4.62. The van der Waals surface area contributed by atoms with E-state index in [1.54, 1.807) is 13.4 Å². The Kier molecular flexibility index (Phi) is 4.82. The fourth-order valence-electron chi connectivity index (χ4n) is 4.62. The Hall–Kier alpha value is -3.07. The Labute approximate surface area is 175 Å². The van der Waals surface area contributed by atoms with Crippen LogP contribution in [0.15, 0.2) is 30.7 Å². The molecule has 0 aliphatic carbocycles. The number of nitrogens with zero attached hydrogens (tertiary/aromatic N) is 8. The van der Waals surface area contributed by atoms with Gasteiger partial charge in [0.1, 0.15) is 24.6 Å². The molecule has 5 rings (SSSR count). The largest absolute Gasteiger partial charge is 0.377 e. The van der Waals surface area contributed by atoms with E-state index in [1.807, 2.05) is 36.9 Å². The van der Waals surface area contributed by atoms with Gasteiger partial charge in [-0.25, -0.2) is 24.6 Å². The zero-order chi connectivity index (χ0) is 20.7. The van der Waals surface area contributed by atoms with Crippen LogP contribution in [0.1, 0.15) is 17.2 Å². The van der Waals surface area contributed by atoms with Crippen molar-refractivity contribution >= 4 is 11.6 Å². The first-order chi connectivity index (χ1) is 14.6. The minimum absolute atomic E-state index is 0.438. The van der Waals surface area contributed by atoms with E-state index in [0.717, 1.165) is 60.8 Å². The lowest BCUT2D eigenvalue weighted by molar-refractivity contribution is 0.178. The summed E-state index contributed by atoms with van der Waals surface area (Å²) in [6, 6.07) is 6.09. The van der Waals surface area contributed by atoms with Gasteiger partial charge in [0.05, 0.1) is 5.69 Å². The van der Waals surface area contributed by atoms with Gasteiger partial charge in [0.15, 0.2) is 11.6 Å². The summed E-state index contributed by atoms with van der Waals surface area (Å²) < 4.78 is 7.05. The first-order valence-electron chi connectivity index (χ1n) is 10.3. The van der Waals surface area contributed by atoms with Crippen molar-refractivity contribution in [2.45, 2.75) is 20.5 Å². The van der Waals surface area contributed by atoms with Crippen molar-refractivity contribution in [3.8, 4) is 5.82 Å². The molecule has 0 amide bonds. The highest BCUT2D eigenvalue weighted by Crippen LogP contribution is 2.35. The van der Waals surface area contributed by atoms with E-state index < -0.39 is 0 Å². The van der Waals surface area contributed by atoms with Gasteiger partial charge in [-0.1, -0.05) is 0 Å². The number of hydrogen-bond donors (Lipinski definition) is 0. The molecular formula is C21H26N8O. The molecule has 0 bridgehead atoms. The molecule has 9 nitrogen and oxygen atoms in total. The minimum Gasteiger partial charge on any atom is -0.377 e. The van der Waals surface area contributed by atoms with Crippen LogP contribution in [0.5, 0.6) is 0 Å². The van der Waals surface area contributed by atoms with E-state index in [1.165, 1.54) is 0 Å². The third-order valence-corrected chi connectivity index (χ3v) is 5.96. The molecule has 2 aliphatic heterocycles. The number of rotatable bonds is 5. The Morgan fingerprint density at radius 1 is 0.933 bits per heavy atom. The summed E-state index contributed by atoms with van der Waals surface area (Å²) in [5, 5.41) is 4.55. The second kappa shape index (κ2) is 7.64. The summed E-state index contributed by atoms with van der Waals surface area (Å²) >= 11 is 0. The quantitative estimate of drug-likeness (QED) is 0.634. The molecule has 2 aliphatic rings. The predicted octanol–water partition coefficient (Wildman–Crippen LogP) is 1.79. The molecule has 0 radical (unpaired) electrons. The highest BCUT2D eigenvalue weighted by atomic mass is 16.5. The number of anilines is 2. The Balaban J connectivity index is 1.29. The monoisotopic (exact) mass is 406 g/mol. The van der Waals surface area contributed by atoms with Gasteiger partial charge in [-0.2, -0.15) is 5.10 Å². The highest BCUT2D eigenvalue weighted by molar-refractivity contribution is 5.47. The van der Waals surface area contributed by atoms with Gasteiger partial charge in [-0.15, -0.1) is 0 Å². The lowest BCUT2D eigenvalue weighted by Crippen LogP contribution is -2.30. The smallest absolute Gasteiger partial charge is 0.159 e. The summed E-state index contributed by atoms with van der Waals surface area (Å²) in [5.74, 6) is 4.70. The number of ether oxygens (including phenoxy) is 1. The van der Waals surface area contributed by atoms with Crippen molar-refractivity contribution in [3.63, 3.8) is 0 Å². The molecule has 2 saturated heterocycles.